The molecule has 2 aliphatic rings. The first kappa shape index (κ1) is 15.0. The summed E-state index contributed by atoms with van der Waals surface area (Å²) >= 11 is 0. The predicted octanol–water partition coefficient (Wildman–Crippen LogP) is 1.80. The van der Waals surface area contributed by atoms with E-state index >= 15 is 0 Å². The molecule has 4 heterocycles. The third kappa shape index (κ3) is 2.39. The van der Waals surface area contributed by atoms with Gasteiger partial charge < -0.3 is 14.7 Å². The van der Waals surface area contributed by atoms with Crippen molar-refractivity contribution in [2.45, 2.75) is 52.2 Å². The summed E-state index contributed by atoms with van der Waals surface area (Å²) in [5, 5.41) is 18.3. The molecule has 4 rings (SSSR count). The lowest BCUT2D eigenvalue weighted by Crippen LogP contribution is -2.53. The van der Waals surface area contributed by atoms with Crippen molar-refractivity contribution < 1.29 is 9.84 Å². The Morgan fingerprint density at radius 2 is 2.14 bits per heavy atom. The minimum absolute atomic E-state index is 0.224. The second-order valence-electron chi connectivity index (χ2n) is 5.98. The molecule has 0 aliphatic carbocycles. The maximum absolute atomic E-state index is 10.4. The number of aryl methyl sites for hydroxylation is 1. The Morgan fingerprint density at radius 3 is 2.91 bits per heavy atom. The van der Waals surface area contributed by atoms with Crippen LogP contribution in [0.5, 0.6) is 5.88 Å². The van der Waals surface area contributed by atoms with Crippen molar-refractivity contribution in [2.24, 2.45) is 0 Å². The fraction of sp³-hybridized carbons (Fsp3) is 0.667. The van der Waals surface area contributed by atoms with Crippen LogP contribution in [0.3, 0.4) is 0 Å². The SMILES string of the molecule is CC.Cc1nc2c3c(n[nH]c3n1)OCC1CC[C@](C)(O)CN21. The Morgan fingerprint density at radius 1 is 1.36 bits per heavy atom. The molecule has 22 heavy (non-hydrogen) atoms. The molecule has 120 valence electrons. The Bertz CT molecular complexity index is 682. The summed E-state index contributed by atoms with van der Waals surface area (Å²) in [4.78, 5) is 11.1. The van der Waals surface area contributed by atoms with E-state index in [4.69, 9.17) is 4.74 Å². The van der Waals surface area contributed by atoms with Crippen molar-refractivity contribution in [3.8, 4) is 5.88 Å². The third-order valence-corrected chi connectivity index (χ3v) is 4.13. The van der Waals surface area contributed by atoms with E-state index in [1.165, 1.54) is 0 Å². The zero-order valence-electron chi connectivity index (χ0n) is 13.6. The zero-order valence-corrected chi connectivity index (χ0v) is 13.6. The van der Waals surface area contributed by atoms with Crippen LogP contribution in [0.15, 0.2) is 0 Å². The Hall–Kier alpha value is -1.89. The summed E-state index contributed by atoms with van der Waals surface area (Å²) < 4.78 is 5.79. The van der Waals surface area contributed by atoms with Gasteiger partial charge in [-0.2, -0.15) is 0 Å². The molecule has 0 bridgehead atoms. The number of ether oxygens (including phenoxy) is 1. The number of aromatic nitrogens is 4. The molecule has 2 aromatic rings. The highest BCUT2D eigenvalue weighted by atomic mass is 16.5. The van der Waals surface area contributed by atoms with Crippen LogP contribution in [0.2, 0.25) is 0 Å². The molecule has 2 aliphatic heterocycles. The summed E-state index contributed by atoms with van der Waals surface area (Å²) in [5.74, 6) is 2.07. The molecule has 0 aromatic carbocycles. The summed E-state index contributed by atoms with van der Waals surface area (Å²) in [6, 6.07) is 0.224. The van der Waals surface area contributed by atoms with Gasteiger partial charge in [-0.05, 0) is 26.7 Å². The van der Waals surface area contributed by atoms with E-state index in [0.717, 1.165) is 24.0 Å². The first-order valence-corrected chi connectivity index (χ1v) is 7.88. The molecule has 0 saturated carbocycles. The van der Waals surface area contributed by atoms with Gasteiger partial charge in [-0.15, -0.1) is 5.10 Å². The van der Waals surface area contributed by atoms with Gasteiger partial charge in [0.25, 0.3) is 0 Å². The van der Waals surface area contributed by atoms with E-state index in [9.17, 15) is 5.11 Å². The molecular formula is C15H23N5O2. The van der Waals surface area contributed by atoms with Crippen molar-refractivity contribution in [1.82, 2.24) is 20.2 Å². The third-order valence-electron chi connectivity index (χ3n) is 4.13. The topological polar surface area (TPSA) is 87.2 Å². The standard InChI is InChI=1S/C13H17N5O2.C2H6/c1-7-14-10-9-11(15-7)18-6-13(2,19)4-3-8(18)5-20-12(9)17-16-10;1-2/h8,19H,3-6H2,1-2H3,(H,14,15,16,17);1-2H3/t8?,13-;/m0./s1. The van der Waals surface area contributed by atoms with Crippen LogP contribution in [0.25, 0.3) is 11.0 Å². The van der Waals surface area contributed by atoms with Crippen molar-refractivity contribution in [1.29, 1.82) is 0 Å². The van der Waals surface area contributed by atoms with Crippen molar-refractivity contribution in [3.05, 3.63) is 5.82 Å². The minimum Gasteiger partial charge on any atom is -0.474 e. The predicted molar refractivity (Wildman–Crippen MR) is 84.3 cm³/mol. The molecule has 0 spiro atoms. The van der Waals surface area contributed by atoms with Gasteiger partial charge in [0.1, 0.15) is 23.6 Å². The van der Waals surface area contributed by atoms with Crippen LogP contribution >= 0.6 is 0 Å². The minimum atomic E-state index is -0.698. The van der Waals surface area contributed by atoms with Gasteiger partial charge in [-0.1, -0.05) is 13.8 Å². The number of hydrogen-bond donors (Lipinski definition) is 2. The monoisotopic (exact) mass is 305 g/mol. The molecular weight excluding hydrogens is 282 g/mol. The van der Waals surface area contributed by atoms with E-state index in [2.05, 4.69) is 25.1 Å². The van der Waals surface area contributed by atoms with E-state index in [-0.39, 0.29) is 6.04 Å². The number of H-pyrrole nitrogens is 1. The number of piperidine rings is 1. The second kappa shape index (κ2) is 5.39. The number of nitrogens with one attached hydrogen (secondary N) is 1. The average Bonchev–Trinajstić information content (AvgIpc) is 2.82. The summed E-state index contributed by atoms with van der Waals surface area (Å²) in [7, 11) is 0. The van der Waals surface area contributed by atoms with Crippen LogP contribution in [-0.4, -0.2) is 50.1 Å². The number of aliphatic hydroxyl groups is 1. The van der Waals surface area contributed by atoms with Gasteiger partial charge >= 0.3 is 0 Å². The number of nitrogens with zero attached hydrogens (tertiary/aromatic N) is 4. The lowest BCUT2D eigenvalue weighted by Gasteiger charge is -2.42. The van der Waals surface area contributed by atoms with Gasteiger partial charge in [0.15, 0.2) is 5.65 Å². The van der Waals surface area contributed by atoms with Crippen LogP contribution in [0.1, 0.15) is 39.4 Å². The number of rotatable bonds is 0. The van der Waals surface area contributed by atoms with Gasteiger partial charge in [0.2, 0.25) is 5.88 Å². The summed E-state index contributed by atoms with van der Waals surface area (Å²) in [6.45, 7) is 8.85. The maximum Gasteiger partial charge on any atom is 0.246 e. The lowest BCUT2D eigenvalue weighted by molar-refractivity contribution is 0.0321. The highest BCUT2D eigenvalue weighted by Crippen LogP contribution is 2.38. The van der Waals surface area contributed by atoms with Crippen LogP contribution < -0.4 is 9.64 Å². The molecule has 2 atom stereocenters. The van der Waals surface area contributed by atoms with E-state index in [0.29, 0.717) is 30.5 Å². The molecule has 1 saturated heterocycles. The first-order valence-electron chi connectivity index (χ1n) is 7.88. The molecule has 7 nitrogen and oxygen atoms in total. The highest BCUT2D eigenvalue weighted by molar-refractivity contribution is 5.92. The molecule has 0 amide bonds. The largest absolute Gasteiger partial charge is 0.474 e. The molecule has 7 heteroatoms. The molecule has 0 radical (unpaired) electrons. The Balaban J connectivity index is 0.000000693. The summed E-state index contributed by atoms with van der Waals surface area (Å²) in [6.07, 6.45) is 1.65. The Labute approximate surface area is 129 Å². The van der Waals surface area contributed by atoms with Gasteiger partial charge in [0, 0.05) is 6.54 Å². The van der Waals surface area contributed by atoms with Crippen molar-refractivity contribution in [2.75, 3.05) is 18.1 Å². The van der Waals surface area contributed by atoms with Crippen LogP contribution in [0.4, 0.5) is 5.82 Å². The van der Waals surface area contributed by atoms with Crippen LogP contribution in [-0.2, 0) is 0 Å². The quantitative estimate of drug-likeness (QED) is 0.772. The smallest absolute Gasteiger partial charge is 0.246 e. The number of anilines is 1. The number of aromatic amines is 1. The van der Waals surface area contributed by atoms with E-state index < -0.39 is 5.60 Å². The number of fused-ring (bicyclic) bond motifs is 2. The van der Waals surface area contributed by atoms with E-state index in [1.807, 2.05) is 27.7 Å². The molecule has 1 unspecified atom stereocenters. The fourth-order valence-corrected chi connectivity index (χ4v) is 3.11. The van der Waals surface area contributed by atoms with E-state index in [1.54, 1.807) is 0 Å². The lowest BCUT2D eigenvalue weighted by atomic mass is 9.90. The maximum atomic E-state index is 10.4. The highest BCUT2D eigenvalue weighted by Gasteiger charge is 2.39. The van der Waals surface area contributed by atoms with Crippen molar-refractivity contribution >= 4 is 16.9 Å². The normalized spacial score (nSPS) is 26.6. The van der Waals surface area contributed by atoms with Gasteiger partial charge in [0.05, 0.1) is 11.6 Å². The fourth-order valence-electron chi connectivity index (χ4n) is 3.11. The first-order chi connectivity index (χ1) is 10.5. The molecule has 2 aromatic heterocycles. The van der Waals surface area contributed by atoms with Crippen molar-refractivity contribution in [3.63, 3.8) is 0 Å². The Kier molecular flexibility index (Phi) is 3.68. The molecule has 1 fully saturated rings. The second-order valence-corrected chi connectivity index (χ2v) is 5.98. The summed E-state index contributed by atoms with van der Waals surface area (Å²) in [5.41, 5.74) is -0.0102. The zero-order chi connectivity index (χ0) is 15.9. The number of hydrogen-bond acceptors (Lipinski definition) is 6. The average molecular weight is 305 g/mol. The van der Waals surface area contributed by atoms with Crippen LogP contribution in [0, 0.1) is 6.92 Å². The molecule has 2 N–H and O–H groups in total. The van der Waals surface area contributed by atoms with Gasteiger partial charge in [-0.3, -0.25) is 5.10 Å². The van der Waals surface area contributed by atoms with Gasteiger partial charge in [-0.25, -0.2) is 9.97 Å².